The van der Waals surface area contributed by atoms with Gasteiger partial charge in [-0.25, -0.2) is 13.6 Å². The maximum atomic E-state index is 13.1. The molecule has 0 saturated heterocycles. The Balaban J connectivity index is 2.24. The third-order valence-electron chi connectivity index (χ3n) is 4.32. The Labute approximate surface area is 152 Å². The first-order chi connectivity index (χ1) is 12.4. The van der Waals surface area contributed by atoms with Gasteiger partial charge in [-0.1, -0.05) is 0 Å². The maximum absolute atomic E-state index is 13.1. The quantitative estimate of drug-likeness (QED) is 0.785. The molecule has 0 unspecified atom stereocenters. The summed E-state index contributed by atoms with van der Waals surface area (Å²) in [5.41, 5.74) is 2.85. The highest BCUT2D eigenvalue weighted by Crippen LogP contribution is 2.37. The van der Waals surface area contributed by atoms with Crippen molar-refractivity contribution in [3.8, 4) is 0 Å². The summed E-state index contributed by atoms with van der Waals surface area (Å²) < 4.78 is 23.4. The van der Waals surface area contributed by atoms with Crippen molar-refractivity contribution in [3.63, 3.8) is 0 Å². The Kier molecular flexibility index (Phi) is 4.80. The lowest BCUT2D eigenvalue weighted by molar-refractivity contribution is -0.124. The Morgan fingerprint density at radius 3 is 2.54 bits per heavy atom. The third-order valence-corrected chi connectivity index (χ3v) is 5.23. The summed E-state index contributed by atoms with van der Waals surface area (Å²) in [7, 11) is -3.85. The van der Waals surface area contributed by atoms with Gasteiger partial charge in [-0.05, 0) is 44.2 Å². The standard InChI is InChI=1S/C18H20N4O3S/c1-3-22(4-2)18(23)17(16-6-5-9-20-16)14-11-21-15-8-7-12(10-13(14)15)26(19,24)25/h5-11,20H,3-4H2,1-2H3,(H2,19,24,25). The van der Waals surface area contributed by atoms with Crippen LogP contribution in [0, 0.1) is 0 Å². The van der Waals surface area contributed by atoms with Crippen molar-refractivity contribution >= 4 is 39.0 Å². The molecule has 0 bridgehead atoms. The van der Waals surface area contributed by atoms with Crippen LogP contribution in [0.25, 0.3) is 11.1 Å². The van der Waals surface area contributed by atoms with E-state index in [0.29, 0.717) is 41.2 Å². The molecule has 0 spiro atoms. The molecular weight excluding hydrogens is 352 g/mol. The van der Waals surface area contributed by atoms with Crippen molar-refractivity contribution in [2.24, 2.45) is 10.1 Å². The second kappa shape index (κ2) is 6.89. The third kappa shape index (κ3) is 3.21. The number of H-pyrrole nitrogens is 1. The van der Waals surface area contributed by atoms with Crippen LogP contribution in [0.1, 0.15) is 25.1 Å². The number of nitrogens with two attached hydrogens (primary N) is 1. The highest BCUT2D eigenvalue weighted by atomic mass is 32.2. The van der Waals surface area contributed by atoms with Crippen LogP contribution in [0.5, 0.6) is 0 Å². The summed E-state index contributed by atoms with van der Waals surface area (Å²) in [4.78, 5) is 22.2. The molecule has 0 fully saturated rings. The van der Waals surface area contributed by atoms with Gasteiger partial charge in [-0.3, -0.25) is 9.79 Å². The zero-order chi connectivity index (χ0) is 18.9. The molecule has 7 nitrogen and oxygen atoms in total. The summed E-state index contributed by atoms with van der Waals surface area (Å²) in [6.45, 7) is 4.95. The highest BCUT2D eigenvalue weighted by molar-refractivity contribution is 7.89. The largest absolute Gasteiger partial charge is 0.361 e. The van der Waals surface area contributed by atoms with E-state index in [1.54, 1.807) is 35.5 Å². The molecule has 2 heterocycles. The van der Waals surface area contributed by atoms with Gasteiger partial charge in [-0.2, -0.15) is 0 Å². The molecule has 1 aromatic heterocycles. The number of aromatic amines is 1. The van der Waals surface area contributed by atoms with E-state index in [4.69, 9.17) is 5.14 Å². The lowest BCUT2D eigenvalue weighted by Gasteiger charge is -2.21. The van der Waals surface area contributed by atoms with Crippen LogP contribution >= 0.6 is 0 Å². The number of carbonyl (C=O) groups excluding carboxylic acids is 1. The minimum absolute atomic E-state index is 0.0135. The number of nitrogens with zero attached hydrogens (tertiary/aromatic N) is 2. The number of nitrogens with one attached hydrogen (secondary N) is 1. The topological polar surface area (TPSA) is 109 Å². The molecule has 0 radical (unpaired) electrons. The highest BCUT2D eigenvalue weighted by Gasteiger charge is 2.26. The number of aromatic nitrogens is 1. The Morgan fingerprint density at radius 1 is 1.23 bits per heavy atom. The van der Waals surface area contributed by atoms with Gasteiger partial charge in [0.1, 0.15) is 0 Å². The second-order valence-corrected chi connectivity index (χ2v) is 7.39. The van der Waals surface area contributed by atoms with E-state index in [0.717, 1.165) is 0 Å². The van der Waals surface area contributed by atoms with Crippen LogP contribution in [0.4, 0.5) is 5.69 Å². The summed E-state index contributed by atoms with van der Waals surface area (Å²) in [6.07, 6.45) is 3.33. The molecule has 0 atom stereocenters. The molecule has 3 N–H and O–H groups in total. The number of hydrogen-bond donors (Lipinski definition) is 2. The van der Waals surface area contributed by atoms with Crippen molar-refractivity contribution in [2.45, 2.75) is 18.7 Å². The van der Waals surface area contributed by atoms with E-state index >= 15 is 0 Å². The fourth-order valence-corrected chi connectivity index (χ4v) is 3.49. The number of carbonyl (C=O) groups is 1. The fraction of sp³-hybridized carbons (Fsp3) is 0.222. The normalized spacial score (nSPS) is 15.0. The van der Waals surface area contributed by atoms with Gasteiger partial charge in [0, 0.05) is 36.6 Å². The molecule has 8 heteroatoms. The number of allylic oxidation sites excluding steroid dienone is 1. The van der Waals surface area contributed by atoms with E-state index in [9.17, 15) is 13.2 Å². The van der Waals surface area contributed by atoms with Crippen molar-refractivity contribution in [1.29, 1.82) is 0 Å². The monoisotopic (exact) mass is 372 g/mol. The molecule has 1 amide bonds. The molecule has 136 valence electrons. The first-order valence-electron chi connectivity index (χ1n) is 8.25. The van der Waals surface area contributed by atoms with Gasteiger partial charge >= 0.3 is 0 Å². The lowest BCUT2D eigenvalue weighted by atomic mass is 9.98. The van der Waals surface area contributed by atoms with Crippen LogP contribution in [0.2, 0.25) is 0 Å². The maximum Gasteiger partial charge on any atom is 0.256 e. The predicted octanol–water partition coefficient (Wildman–Crippen LogP) is 2.16. The molecule has 1 aromatic carbocycles. The number of likely N-dealkylation sites (N-methyl/N-ethyl adjacent to an activating group) is 1. The minimum atomic E-state index is -3.85. The van der Waals surface area contributed by atoms with Gasteiger partial charge in [-0.15, -0.1) is 0 Å². The van der Waals surface area contributed by atoms with E-state index in [1.807, 2.05) is 13.8 Å². The van der Waals surface area contributed by atoms with E-state index in [2.05, 4.69) is 9.98 Å². The molecule has 1 aliphatic heterocycles. The van der Waals surface area contributed by atoms with Crippen molar-refractivity contribution < 1.29 is 13.2 Å². The number of primary sulfonamides is 1. The number of amides is 1. The average Bonchev–Trinajstić information content (AvgIpc) is 3.26. The number of fused-ring (bicyclic) bond motifs is 1. The molecule has 2 aromatic rings. The summed E-state index contributed by atoms with van der Waals surface area (Å²) in [6, 6.07) is 8.07. The van der Waals surface area contributed by atoms with Crippen molar-refractivity contribution in [3.05, 3.63) is 47.8 Å². The van der Waals surface area contributed by atoms with E-state index in [-0.39, 0.29) is 10.8 Å². The Morgan fingerprint density at radius 2 is 1.96 bits per heavy atom. The molecule has 1 aliphatic rings. The Hall–Kier alpha value is -2.71. The number of benzene rings is 1. The number of aliphatic imine (C=N–C) groups is 1. The zero-order valence-corrected chi connectivity index (χ0v) is 15.4. The van der Waals surface area contributed by atoms with Crippen LogP contribution in [-0.4, -0.2) is 43.5 Å². The molecule has 0 aliphatic carbocycles. The predicted molar refractivity (Wildman–Crippen MR) is 102 cm³/mol. The second-order valence-electron chi connectivity index (χ2n) is 5.83. The number of rotatable bonds is 5. The van der Waals surface area contributed by atoms with Gasteiger partial charge in [0.25, 0.3) is 5.91 Å². The fourth-order valence-electron chi connectivity index (χ4n) is 2.95. The van der Waals surface area contributed by atoms with E-state index in [1.165, 1.54) is 12.1 Å². The first-order valence-corrected chi connectivity index (χ1v) is 9.80. The van der Waals surface area contributed by atoms with Gasteiger partial charge < -0.3 is 9.88 Å². The van der Waals surface area contributed by atoms with E-state index < -0.39 is 10.0 Å². The SMILES string of the molecule is CCN(CC)C(=O)C(=C1C=Nc2ccc(S(N)(=O)=O)cc21)c1ccc[nH]1. The van der Waals surface area contributed by atoms with Crippen LogP contribution < -0.4 is 5.14 Å². The minimum Gasteiger partial charge on any atom is -0.361 e. The average molecular weight is 372 g/mol. The van der Waals surface area contributed by atoms with Crippen LogP contribution in [0.15, 0.2) is 46.4 Å². The number of sulfonamides is 1. The number of hydrogen-bond acceptors (Lipinski definition) is 4. The summed E-state index contributed by atoms with van der Waals surface area (Å²) in [5.74, 6) is -0.146. The Bertz CT molecular complexity index is 1000. The lowest BCUT2D eigenvalue weighted by Crippen LogP contribution is -2.31. The zero-order valence-electron chi connectivity index (χ0n) is 14.6. The summed E-state index contributed by atoms with van der Waals surface area (Å²) in [5, 5.41) is 5.25. The molecule has 0 saturated carbocycles. The van der Waals surface area contributed by atoms with Crippen molar-refractivity contribution in [2.75, 3.05) is 13.1 Å². The molecular formula is C18H20N4O3S. The molecule has 3 rings (SSSR count). The smallest absolute Gasteiger partial charge is 0.256 e. The van der Waals surface area contributed by atoms with Gasteiger partial charge in [0.2, 0.25) is 10.0 Å². The first kappa shape index (κ1) is 18.1. The van der Waals surface area contributed by atoms with Crippen molar-refractivity contribution in [1.82, 2.24) is 9.88 Å². The van der Waals surface area contributed by atoms with Gasteiger partial charge in [0.15, 0.2) is 0 Å². The van der Waals surface area contributed by atoms with Gasteiger partial charge in [0.05, 0.1) is 21.8 Å². The molecule has 26 heavy (non-hydrogen) atoms. The van der Waals surface area contributed by atoms with Crippen LogP contribution in [0.3, 0.4) is 0 Å². The summed E-state index contributed by atoms with van der Waals surface area (Å²) >= 11 is 0. The van der Waals surface area contributed by atoms with Crippen LogP contribution in [-0.2, 0) is 14.8 Å².